The SMILES string of the molecule is Cn1cnc(S[C@H]2[C@H]3C(=O)C=C4S[C@H]5C[C@]42C2=C4c6c(c[nH]c6C(=O)[C@H]2N5)CCN43)c1C[C@@H](N)C(=O)O. The number of allylic oxidation sites excluding steroid dienone is 1. The number of hydrogen-bond acceptors (Lipinski definition) is 9. The molecule has 4 aliphatic heterocycles. The molecule has 10 nitrogen and oxygen atoms in total. The second-order valence-electron chi connectivity index (χ2n) is 10.7. The smallest absolute Gasteiger partial charge is 0.320 e. The Hall–Kier alpha value is -2.80. The van der Waals surface area contributed by atoms with Crippen LogP contribution in [0, 0.1) is 5.41 Å². The van der Waals surface area contributed by atoms with Crippen LogP contribution in [0.1, 0.15) is 33.7 Å². The number of piperidine rings is 1. The van der Waals surface area contributed by atoms with Crippen molar-refractivity contribution >= 4 is 46.8 Å². The number of aliphatic carboxylic acids is 1. The minimum absolute atomic E-state index is 0.0361. The predicted molar refractivity (Wildman–Crippen MR) is 137 cm³/mol. The molecule has 2 saturated heterocycles. The zero-order chi connectivity index (χ0) is 25.4. The van der Waals surface area contributed by atoms with E-state index in [2.05, 4.69) is 20.2 Å². The van der Waals surface area contributed by atoms with Gasteiger partial charge >= 0.3 is 5.97 Å². The Balaban J connectivity index is 1.33. The highest BCUT2D eigenvalue weighted by Crippen LogP contribution is 2.70. The van der Waals surface area contributed by atoms with Gasteiger partial charge in [0, 0.05) is 47.8 Å². The first-order chi connectivity index (χ1) is 17.8. The van der Waals surface area contributed by atoms with E-state index in [0.717, 1.165) is 45.8 Å². The van der Waals surface area contributed by atoms with E-state index in [9.17, 15) is 19.5 Å². The number of ketones is 2. The molecular weight excluding hydrogens is 512 g/mol. The number of nitrogens with zero attached hydrogens (tertiary/aromatic N) is 3. The minimum Gasteiger partial charge on any atom is -0.480 e. The second kappa shape index (κ2) is 7.19. The minimum atomic E-state index is -1.06. The van der Waals surface area contributed by atoms with Crippen LogP contribution in [0.5, 0.6) is 0 Å². The Morgan fingerprint density at radius 1 is 1.43 bits per heavy atom. The Labute approximate surface area is 220 Å². The molecule has 6 atom stereocenters. The number of hydrogen-bond donors (Lipinski definition) is 4. The van der Waals surface area contributed by atoms with Crippen LogP contribution in [-0.4, -0.2) is 77.4 Å². The molecule has 190 valence electrons. The van der Waals surface area contributed by atoms with Crippen molar-refractivity contribution in [3.63, 3.8) is 0 Å². The molecule has 3 bridgehead atoms. The van der Waals surface area contributed by atoms with Crippen LogP contribution in [0.2, 0.25) is 0 Å². The van der Waals surface area contributed by atoms with Gasteiger partial charge < -0.3 is 25.3 Å². The number of imidazole rings is 1. The van der Waals surface area contributed by atoms with E-state index in [-0.39, 0.29) is 28.6 Å². The van der Waals surface area contributed by atoms with Gasteiger partial charge in [0.1, 0.15) is 17.1 Å². The molecule has 6 aliphatic rings. The summed E-state index contributed by atoms with van der Waals surface area (Å²) >= 11 is 3.22. The van der Waals surface area contributed by atoms with Crippen molar-refractivity contribution in [2.45, 2.75) is 53.0 Å². The van der Waals surface area contributed by atoms with Crippen molar-refractivity contribution in [1.82, 2.24) is 24.8 Å². The van der Waals surface area contributed by atoms with E-state index >= 15 is 0 Å². The molecule has 5 N–H and O–H groups in total. The van der Waals surface area contributed by atoms with Gasteiger partial charge in [0.15, 0.2) is 5.78 Å². The fraction of sp³-hybridized carbons (Fsp3) is 0.440. The number of rotatable bonds is 5. The van der Waals surface area contributed by atoms with Crippen LogP contribution >= 0.6 is 23.5 Å². The van der Waals surface area contributed by atoms with Gasteiger partial charge in [-0.1, -0.05) is 11.8 Å². The number of nitrogens with two attached hydrogens (primary N) is 1. The van der Waals surface area contributed by atoms with Crippen LogP contribution in [-0.2, 0) is 29.5 Å². The van der Waals surface area contributed by atoms with Gasteiger partial charge in [0.05, 0.1) is 34.4 Å². The quantitative estimate of drug-likeness (QED) is 0.435. The van der Waals surface area contributed by atoms with Gasteiger partial charge in [-0.2, -0.15) is 0 Å². The van der Waals surface area contributed by atoms with Gasteiger partial charge in [-0.3, -0.25) is 19.7 Å². The number of fused-ring (bicyclic) bond motifs is 3. The number of carboxylic acid groups (broad SMARTS) is 1. The topological polar surface area (TPSA) is 146 Å². The number of aromatic nitrogens is 3. The van der Waals surface area contributed by atoms with E-state index in [1.54, 1.807) is 29.9 Å². The lowest BCUT2D eigenvalue weighted by molar-refractivity contribution is -0.138. The summed E-state index contributed by atoms with van der Waals surface area (Å²) in [6.45, 7) is 0.701. The largest absolute Gasteiger partial charge is 0.480 e. The summed E-state index contributed by atoms with van der Waals surface area (Å²) in [7, 11) is 1.84. The summed E-state index contributed by atoms with van der Waals surface area (Å²) in [5.74, 6) is -0.915. The van der Waals surface area contributed by atoms with Crippen LogP contribution in [0.15, 0.2) is 34.1 Å². The van der Waals surface area contributed by atoms with E-state index in [1.807, 2.05) is 23.9 Å². The van der Waals surface area contributed by atoms with Crippen LogP contribution in [0.25, 0.3) is 5.70 Å². The molecular formula is C25H24N6O4S2. The van der Waals surface area contributed by atoms with Gasteiger partial charge in [-0.25, -0.2) is 4.98 Å². The molecule has 37 heavy (non-hydrogen) atoms. The molecule has 2 aliphatic carbocycles. The third-order valence-corrected chi connectivity index (χ3v) is 11.7. The molecule has 8 rings (SSSR count). The van der Waals surface area contributed by atoms with E-state index in [0.29, 0.717) is 17.3 Å². The zero-order valence-electron chi connectivity index (χ0n) is 19.9. The van der Waals surface area contributed by atoms with Crippen molar-refractivity contribution < 1.29 is 19.5 Å². The average Bonchev–Trinajstić information content (AvgIpc) is 3.52. The number of carbonyl (C=O) groups excluding carboxylic acids is 2. The van der Waals surface area contributed by atoms with Crippen LogP contribution in [0.3, 0.4) is 0 Å². The van der Waals surface area contributed by atoms with E-state index in [1.165, 1.54) is 0 Å². The third kappa shape index (κ3) is 2.61. The fourth-order valence-corrected chi connectivity index (χ4v) is 10.6. The number of H-pyrrole nitrogens is 1. The highest BCUT2D eigenvalue weighted by molar-refractivity contribution is 8.04. The lowest BCUT2D eigenvalue weighted by Crippen LogP contribution is -2.67. The Morgan fingerprint density at radius 2 is 2.27 bits per heavy atom. The molecule has 1 spiro atoms. The normalized spacial score (nSPS) is 33.1. The first-order valence-electron chi connectivity index (χ1n) is 12.4. The maximum Gasteiger partial charge on any atom is 0.320 e. The molecule has 2 fully saturated rings. The summed E-state index contributed by atoms with van der Waals surface area (Å²) in [6, 6.07) is -1.88. The van der Waals surface area contributed by atoms with E-state index < -0.39 is 29.5 Å². The van der Waals surface area contributed by atoms with Crippen molar-refractivity contribution in [3.05, 3.63) is 51.6 Å². The van der Waals surface area contributed by atoms with Crippen LogP contribution in [0.4, 0.5) is 0 Å². The first kappa shape index (κ1) is 22.2. The summed E-state index contributed by atoms with van der Waals surface area (Å²) < 4.78 is 1.82. The summed E-state index contributed by atoms with van der Waals surface area (Å²) in [5.41, 5.74) is 11.1. The number of carbonyl (C=O) groups is 3. The molecule has 6 heterocycles. The number of aryl methyl sites for hydroxylation is 1. The Morgan fingerprint density at radius 3 is 3.08 bits per heavy atom. The van der Waals surface area contributed by atoms with Crippen molar-refractivity contribution in [2.75, 3.05) is 6.54 Å². The molecule has 2 aromatic rings. The summed E-state index contributed by atoms with van der Waals surface area (Å²) in [5, 5.41) is 13.6. The van der Waals surface area contributed by atoms with Crippen molar-refractivity contribution in [2.24, 2.45) is 18.2 Å². The molecule has 0 amide bonds. The lowest BCUT2D eigenvalue weighted by Gasteiger charge is -2.59. The average molecular weight is 537 g/mol. The molecule has 2 aromatic heterocycles. The monoisotopic (exact) mass is 536 g/mol. The molecule has 0 saturated carbocycles. The summed E-state index contributed by atoms with van der Waals surface area (Å²) in [6.07, 6.45) is 7.16. The van der Waals surface area contributed by atoms with Crippen LogP contribution < -0.4 is 11.1 Å². The summed E-state index contributed by atoms with van der Waals surface area (Å²) in [4.78, 5) is 50.3. The van der Waals surface area contributed by atoms with Crippen molar-refractivity contribution in [1.29, 1.82) is 0 Å². The van der Waals surface area contributed by atoms with Gasteiger partial charge in [-0.15, -0.1) is 11.8 Å². The standard InChI is InChI=1S/C25H24N6O4S2/c1-30-8-28-23(11(30)4-10(26)24(34)35)37-22-19-12(32)5-13-25(22)6-14(36-13)29-18-16(25)20-15-9(2-3-31(19)20)7-27-17(15)21(18)33/h5,7-8,10,14,18-19,22,27,29H,2-4,6,26H2,1H3,(H,34,35)/t10-,14+,18+,19-,22+,25-/m1/s1. The highest BCUT2D eigenvalue weighted by atomic mass is 32.2. The Kier molecular flexibility index (Phi) is 4.31. The molecule has 0 radical (unpaired) electrons. The predicted octanol–water partition coefficient (Wildman–Crippen LogP) is 0.899. The lowest BCUT2D eigenvalue weighted by atomic mass is 9.58. The maximum absolute atomic E-state index is 13.8. The van der Waals surface area contributed by atoms with E-state index in [4.69, 9.17) is 5.73 Å². The third-order valence-electron chi connectivity index (χ3n) is 8.87. The highest BCUT2D eigenvalue weighted by Gasteiger charge is 2.68. The Bertz CT molecular complexity index is 1520. The number of carboxylic acids is 1. The number of nitrogens with one attached hydrogen (secondary N) is 2. The number of Topliss-reactive ketones (excluding diaryl/α,β-unsaturated/α-hetero) is 1. The maximum atomic E-state index is 13.8. The van der Waals surface area contributed by atoms with Gasteiger partial charge in [0.2, 0.25) is 5.78 Å². The fourth-order valence-electron chi connectivity index (χ4n) is 7.31. The molecule has 0 aromatic carbocycles. The first-order valence-corrected chi connectivity index (χ1v) is 14.2. The number of thioether (sulfide) groups is 2. The van der Waals surface area contributed by atoms with Crippen molar-refractivity contribution in [3.8, 4) is 0 Å². The zero-order valence-corrected chi connectivity index (χ0v) is 21.5. The second-order valence-corrected chi connectivity index (χ2v) is 13.0. The van der Waals surface area contributed by atoms with Gasteiger partial charge in [0.25, 0.3) is 0 Å². The van der Waals surface area contributed by atoms with Gasteiger partial charge in [-0.05, 0) is 30.1 Å². The molecule has 0 unspecified atom stereocenters. The number of aromatic amines is 1. The molecule has 12 heteroatoms.